The van der Waals surface area contributed by atoms with Crippen LogP contribution in [0.3, 0.4) is 0 Å². The molecule has 0 atom stereocenters. The monoisotopic (exact) mass is 236 g/mol. The molecule has 0 aliphatic heterocycles. The number of nitrogen functional groups attached to an aromatic ring is 1. The highest BCUT2D eigenvalue weighted by Gasteiger charge is 2.13. The van der Waals surface area contributed by atoms with Crippen molar-refractivity contribution in [3.05, 3.63) is 34.2 Å². The van der Waals surface area contributed by atoms with E-state index in [-0.39, 0.29) is 0 Å². The number of hydrogen-bond acceptors (Lipinski definition) is 3. The van der Waals surface area contributed by atoms with E-state index in [1.807, 2.05) is 26.8 Å². The van der Waals surface area contributed by atoms with Gasteiger partial charge in [-0.1, -0.05) is 11.6 Å². The summed E-state index contributed by atoms with van der Waals surface area (Å²) in [5, 5.41) is 4.97. The van der Waals surface area contributed by atoms with Crippen molar-refractivity contribution in [3.63, 3.8) is 0 Å². The van der Waals surface area contributed by atoms with Crippen LogP contribution in [-0.4, -0.2) is 14.8 Å². The highest BCUT2D eigenvalue weighted by Crippen LogP contribution is 2.24. The molecule has 5 heteroatoms. The molecule has 0 fully saturated rings. The van der Waals surface area contributed by atoms with E-state index in [4.69, 9.17) is 17.3 Å². The third kappa shape index (κ3) is 1.65. The molecule has 0 aromatic carbocycles. The molecule has 84 valence electrons. The summed E-state index contributed by atoms with van der Waals surface area (Å²) >= 11 is 6.08. The predicted molar refractivity (Wildman–Crippen MR) is 65.0 cm³/mol. The molecule has 0 aliphatic carbocycles. The van der Waals surface area contributed by atoms with Gasteiger partial charge in [0.05, 0.1) is 22.1 Å². The van der Waals surface area contributed by atoms with Gasteiger partial charge in [-0.2, -0.15) is 5.10 Å². The second-order valence-electron chi connectivity index (χ2n) is 3.82. The molecule has 2 aromatic rings. The lowest BCUT2D eigenvalue weighted by Gasteiger charge is -2.07. The standard InChI is InChI=1S/C11H13ClN4/c1-6-4-9(13)11(14-5-6)16-8(3)10(12)7(2)15-16/h4-5H,13H2,1-3H3. The molecule has 0 bridgehead atoms. The molecule has 2 N–H and O–H groups in total. The Labute approximate surface area is 99.1 Å². The largest absolute Gasteiger partial charge is 0.396 e. The zero-order valence-electron chi connectivity index (χ0n) is 9.45. The van der Waals surface area contributed by atoms with Crippen molar-refractivity contribution in [1.29, 1.82) is 0 Å². The number of halogens is 1. The van der Waals surface area contributed by atoms with Gasteiger partial charge in [0.2, 0.25) is 0 Å². The molecule has 4 nitrogen and oxygen atoms in total. The first-order valence-corrected chi connectivity index (χ1v) is 5.32. The van der Waals surface area contributed by atoms with Gasteiger partial charge in [-0.3, -0.25) is 0 Å². The molecule has 2 rings (SSSR count). The Hall–Kier alpha value is -1.55. The van der Waals surface area contributed by atoms with Gasteiger partial charge in [0.1, 0.15) is 0 Å². The van der Waals surface area contributed by atoms with Crippen LogP contribution < -0.4 is 5.73 Å². The summed E-state index contributed by atoms with van der Waals surface area (Å²) in [6.45, 7) is 5.70. The number of nitrogens with two attached hydrogens (primary N) is 1. The topological polar surface area (TPSA) is 56.7 Å². The number of aromatic nitrogens is 3. The number of aryl methyl sites for hydroxylation is 2. The summed E-state index contributed by atoms with van der Waals surface area (Å²) in [6.07, 6.45) is 1.76. The molecule has 0 spiro atoms. The van der Waals surface area contributed by atoms with Crippen molar-refractivity contribution >= 4 is 17.3 Å². The van der Waals surface area contributed by atoms with Crippen LogP contribution in [0.25, 0.3) is 5.82 Å². The van der Waals surface area contributed by atoms with E-state index in [0.717, 1.165) is 17.0 Å². The van der Waals surface area contributed by atoms with Gasteiger partial charge in [0, 0.05) is 6.20 Å². The summed E-state index contributed by atoms with van der Waals surface area (Å²) in [7, 11) is 0. The Morgan fingerprint density at radius 3 is 2.50 bits per heavy atom. The van der Waals surface area contributed by atoms with Crippen molar-refractivity contribution in [2.45, 2.75) is 20.8 Å². The second kappa shape index (κ2) is 3.79. The number of pyridine rings is 1. The first-order chi connectivity index (χ1) is 7.50. The van der Waals surface area contributed by atoms with Gasteiger partial charge in [0.25, 0.3) is 0 Å². The molecule has 0 radical (unpaired) electrons. The van der Waals surface area contributed by atoms with Crippen LogP contribution in [0.2, 0.25) is 5.02 Å². The molecule has 0 saturated carbocycles. The molecule has 0 saturated heterocycles. The molecule has 0 unspecified atom stereocenters. The van der Waals surface area contributed by atoms with Crippen LogP contribution in [0.5, 0.6) is 0 Å². The summed E-state index contributed by atoms with van der Waals surface area (Å²) < 4.78 is 1.67. The van der Waals surface area contributed by atoms with Crippen LogP contribution in [0, 0.1) is 20.8 Å². The first kappa shape index (κ1) is 11.0. The Morgan fingerprint density at radius 2 is 2.00 bits per heavy atom. The highest BCUT2D eigenvalue weighted by molar-refractivity contribution is 6.31. The number of hydrogen-bond donors (Lipinski definition) is 1. The molecule has 0 amide bonds. The molecular weight excluding hydrogens is 224 g/mol. The third-order valence-corrected chi connectivity index (χ3v) is 2.98. The summed E-state index contributed by atoms with van der Waals surface area (Å²) in [6, 6.07) is 1.87. The Bertz CT molecular complexity index is 545. The molecule has 0 aliphatic rings. The normalized spacial score (nSPS) is 10.8. The van der Waals surface area contributed by atoms with Crippen molar-refractivity contribution < 1.29 is 0 Å². The average Bonchev–Trinajstić information content (AvgIpc) is 2.46. The second-order valence-corrected chi connectivity index (χ2v) is 4.20. The van der Waals surface area contributed by atoms with Gasteiger partial charge in [0.15, 0.2) is 5.82 Å². The number of nitrogens with zero attached hydrogens (tertiary/aromatic N) is 3. The van der Waals surface area contributed by atoms with Crippen LogP contribution in [-0.2, 0) is 0 Å². The van der Waals surface area contributed by atoms with Crippen molar-refractivity contribution in [2.75, 3.05) is 5.73 Å². The fourth-order valence-electron chi connectivity index (χ4n) is 1.59. The average molecular weight is 237 g/mol. The van der Waals surface area contributed by atoms with E-state index in [1.165, 1.54) is 0 Å². The van der Waals surface area contributed by atoms with E-state index in [0.29, 0.717) is 16.5 Å². The maximum Gasteiger partial charge on any atom is 0.176 e. The van der Waals surface area contributed by atoms with Gasteiger partial charge in [-0.05, 0) is 32.4 Å². The smallest absolute Gasteiger partial charge is 0.176 e. The van der Waals surface area contributed by atoms with Gasteiger partial charge in [-0.25, -0.2) is 9.67 Å². The fraction of sp³-hybridized carbons (Fsp3) is 0.273. The minimum Gasteiger partial charge on any atom is -0.396 e. The van der Waals surface area contributed by atoms with E-state index in [2.05, 4.69) is 10.1 Å². The molecular formula is C11H13ClN4. The van der Waals surface area contributed by atoms with Gasteiger partial charge in [-0.15, -0.1) is 0 Å². The number of rotatable bonds is 1. The van der Waals surface area contributed by atoms with E-state index < -0.39 is 0 Å². The highest BCUT2D eigenvalue weighted by atomic mass is 35.5. The zero-order valence-corrected chi connectivity index (χ0v) is 10.2. The predicted octanol–water partition coefficient (Wildman–Crippen LogP) is 2.43. The summed E-state index contributed by atoms with van der Waals surface area (Å²) in [4.78, 5) is 4.28. The summed E-state index contributed by atoms with van der Waals surface area (Å²) in [5.41, 5.74) is 9.16. The quantitative estimate of drug-likeness (QED) is 0.827. The molecule has 2 aromatic heterocycles. The maximum absolute atomic E-state index is 6.08. The lowest BCUT2D eigenvalue weighted by Crippen LogP contribution is -2.06. The Kier molecular flexibility index (Phi) is 2.59. The van der Waals surface area contributed by atoms with Crippen LogP contribution in [0.1, 0.15) is 17.0 Å². The third-order valence-electron chi connectivity index (χ3n) is 2.44. The lowest BCUT2D eigenvalue weighted by molar-refractivity contribution is 0.808. The van der Waals surface area contributed by atoms with Gasteiger partial charge >= 0.3 is 0 Å². The van der Waals surface area contributed by atoms with Crippen LogP contribution >= 0.6 is 11.6 Å². The van der Waals surface area contributed by atoms with Gasteiger partial charge < -0.3 is 5.73 Å². The zero-order chi connectivity index (χ0) is 11.9. The van der Waals surface area contributed by atoms with Crippen molar-refractivity contribution in [2.24, 2.45) is 0 Å². The van der Waals surface area contributed by atoms with E-state index in [1.54, 1.807) is 10.9 Å². The Balaban J connectivity index is 2.63. The van der Waals surface area contributed by atoms with Crippen LogP contribution in [0.15, 0.2) is 12.3 Å². The van der Waals surface area contributed by atoms with E-state index >= 15 is 0 Å². The Morgan fingerprint density at radius 1 is 1.31 bits per heavy atom. The SMILES string of the molecule is Cc1cnc(-n2nc(C)c(Cl)c2C)c(N)c1. The van der Waals surface area contributed by atoms with Crippen molar-refractivity contribution in [1.82, 2.24) is 14.8 Å². The summed E-state index contributed by atoms with van der Waals surface area (Å²) in [5.74, 6) is 0.623. The minimum atomic E-state index is 0.599. The molecule has 2 heterocycles. The molecule has 16 heavy (non-hydrogen) atoms. The minimum absolute atomic E-state index is 0.599. The van der Waals surface area contributed by atoms with Crippen molar-refractivity contribution in [3.8, 4) is 5.82 Å². The fourth-order valence-corrected chi connectivity index (χ4v) is 1.71. The lowest BCUT2D eigenvalue weighted by atomic mass is 10.3. The first-order valence-electron chi connectivity index (χ1n) is 4.95. The van der Waals surface area contributed by atoms with E-state index in [9.17, 15) is 0 Å². The van der Waals surface area contributed by atoms with Crippen LogP contribution in [0.4, 0.5) is 5.69 Å². The maximum atomic E-state index is 6.08. The number of anilines is 1.